The van der Waals surface area contributed by atoms with E-state index in [-0.39, 0.29) is 25.5 Å². The van der Waals surface area contributed by atoms with Crippen LogP contribution in [-0.2, 0) is 16.1 Å². The largest absolute Gasteiger partial charge is 0.480 e. The molecule has 0 radical (unpaired) electrons. The molecule has 8 nitrogen and oxygen atoms in total. The van der Waals surface area contributed by atoms with Crippen LogP contribution < -0.4 is 0 Å². The lowest BCUT2D eigenvalue weighted by Crippen LogP contribution is -2.34. The number of rotatable bonds is 6. The Labute approximate surface area is 90.5 Å². The molecule has 0 aliphatic carbocycles. The fraction of sp³-hybridized carbons (Fsp3) is 0.500. The Morgan fingerprint density at radius 1 is 1.31 bits per heavy atom. The maximum atomic E-state index is 10.5. The van der Waals surface area contributed by atoms with Crippen LogP contribution in [0.25, 0.3) is 0 Å². The lowest BCUT2D eigenvalue weighted by Gasteiger charge is -2.14. The van der Waals surface area contributed by atoms with Gasteiger partial charge >= 0.3 is 11.9 Å². The first-order chi connectivity index (χ1) is 7.47. The number of carboxylic acids is 2. The molecule has 88 valence electrons. The van der Waals surface area contributed by atoms with Crippen molar-refractivity contribution >= 4 is 11.9 Å². The SMILES string of the molecule is Cc1nc(CN(CC(=O)O)CC(=O)O)no1. The van der Waals surface area contributed by atoms with Crippen molar-refractivity contribution in [2.24, 2.45) is 0 Å². The lowest BCUT2D eigenvalue weighted by atomic mass is 10.4. The Kier molecular flexibility index (Phi) is 3.95. The van der Waals surface area contributed by atoms with Gasteiger partial charge in [0.25, 0.3) is 0 Å². The third-order valence-electron chi connectivity index (χ3n) is 1.65. The number of hydrogen-bond acceptors (Lipinski definition) is 6. The molecule has 0 spiro atoms. The zero-order valence-corrected chi connectivity index (χ0v) is 8.58. The monoisotopic (exact) mass is 229 g/mol. The first-order valence-electron chi connectivity index (χ1n) is 4.42. The van der Waals surface area contributed by atoms with Crippen molar-refractivity contribution in [3.63, 3.8) is 0 Å². The molecule has 0 unspecified atom stereocenters. The van der Waals surface area contributed by atoms with Gasteiger partial charge in [-0.1, -0.05) is 5.16 Å². The van der Waals surface area contributed by atoms with Gasteiger partial charge in [-0.25, -0.2) is 0 Å². The van der Waals surface area contributed by atoms with E-state index < -0.39 is 11.9 Å². The highest BCUT2D eigenvalue weighted by Gasteiger charge is 2.16. The van der Waals surface area contributed by atoms with Crippen LogP contribution in [-0.4, -0.2) is 50.3 Å². The van der Waals surface area contributed by atoms with Crippen molar-refractivity contribution in [2.45, 2.75) is 13.5 Å². The van der Waals surface area contributed by atoms with Gasteiger partial charge in [0.1, 0.15) is 0 Å². The predicted molar refractivity (Wildman–Crippen MR) is 49.6 cm³/mol. The smallest absolute Gasteiger partial charge is 0.317 e. The van der Waals surface area contributed by atoms with E-state index in [1.807, 2.05) is 0 Å². The maximum absolute atomic E-state index is 10.5. The van der Waals surface area contributed by atoms with Gasteiger partial charge in [-0.05, 0) is 0 Å². The molecule has 1 aromatic rings. The highest BCUT2D eigenvalue weighted by molar-refractivity contribution is 5.72. The summed E-state index contributed by atoms with van der Waals surface area (Å²) >= 11 is 0. The highest BCUT2D eigenvalue weighted by Crippen LogP contribution is 2.00. The van der Waals surface area contributed by atoms with Crippen molar-refractivity contribution in [3.8, 4) is 0 Å². The minimum Gasteiger partial charge on any atom is -0.480 e. The zero-order valence-electron chi connectivity index (χ0n) is 8.58. The summed E-state index contributed by atoms with van der Waals surface area (Å²) in [4.78, 5) is 26.0. The molecule has 0 atom stereocenters. The van der Waals surface area contributed by atoms with E-state index in [1.54, 1.807) is 6.92 Å². The highest BCUT2D eigenvalue weighted by atomic mass is 16.5. The fourth-order valence-electron chi connectivity index (χ4n) is 1.16. The van der Waals surface area contributed by atoms with E-state index >= 15 is 0 Å². The molecule has 0 fully saturated rings. The number of aromatic nitrogens is 2. The summed E-state index contributed by atoms with van der Waals surface area (Å²) in [5.41, 5.74) is 0. The molecular weight excluding hydrogens is 218 g/mol. The molecule has 1 heterocycles. The standard InChI is InChI=1S/C8H11N3O5/c1-5-9-6(10-16-5)2-11(3-7(12)13)4-8(14)15/h2-4H2,1H3,(H,12,13)(H,14,15). The molecule has 0 saturated carbocycles. The first kappa shape index (κ1) is 12.1. The van der Waals surface area contributed by atoms with Gasteiger partial charge in [0.2, 0.25) is 5.89 Å². The van der Waals surface area contributed by atoms with Crippen molar-refractivity contribution in [1.82, 2.24) is 15.0 Å². The Morgan fingerprint density at radius 2 is 1.88 bits per heavy atom. The van der Waals surface area contributed by atoms with Crippen LogP contribution in [0.5, 0.6) is 0 Å². The average molecular weight is 229 g/mol. The molecule has 0 aliphatic rings. The van der Waals surface area contributed by atoms with Crippen LogP contribution in [0.1, 0.15) is 11.7 Å². The van der Waals surface area contributed by atoms with Crippen LogP contribution >= 0.6 is 0 Å². The number of hydrogen-bond donors (Lipinski definition) is 2. The van der Waals surface area contributed by atoms with E-state index in [9.17, 15) is 9.59 Å². The van der Waals surface area contributed by atoms with Crippen LogP contribution in [0.15, 0.2) is 4.52 Å². The van der Waals surface area contributed by atoms with Crippen LogP contribution in [0, 0.1) is 6.92 Å². The molecule has 8 heteroatoms. The van der Waals surface area contributed by atoms with Gasteiger partial charge < -0.3 is 14.7 Å². The fourth-order valence-corrected chi connectivity index (χ4v) is 1.16. The summed E-state index contributed by atoms with van der Waals surface area (Å²) in [6.45, 7) is 0.838. The molecule has 1 aromatic heterocycles. The molecule has 0 aromatic carbocycles. The molecule has 0 saturated heterocycles. The molecule has 2 N–H and O–H groups in total. The third-order valence-corrected chi connectivity index (χ3v) is 1.65. The summed E-state index contributed by atoms with van der Waals surface area (Å²) in [6, 6.07) is 0. The number of carboxylic acid groups (broad SMARTS) is 2. The van der Waals surface area contributed by atoms with Crippen LogP contribution in [0.4, 0.5) is 0 Å². The quantitative estimate of drug-likeness (QED) is 0.660. The Balaban J connectivity index is 2.62. The normalized spacial score (nSPS) is 10.6. The van der Waals surface area contributed by atoms with Crippen molar-refractivity contribution < 1.29 is 24.3 Å². The van der Waals surface area contributed by atoms with Gasteiger partial charge in [-0.2, -0.15) is 4.98 Å². The second-order valence-corrected chi connectivity index (χ2v) is 3.16. The summed E-state index contributed by atoms with van der Waals surface area (Å²) in [7, 11) is 0. The van der Waals surface area contributed by atoms with E-state index in [0.29, 0.717) is 5.89 Å². The zero-order chi connectivity index (χ0) is 12.1. The second-order valence-electron chi connectivity index (χ2n) is 3.16. The van der Waals surface area contributed by atoms with E-state index in [1.165, 1.54) is 4.90 Å². The second kappa shape index (κ2) is 5.21. The van der Waals surface area contributed by atoms with Crippen molar-refractivity contribution in [3.05, 3.63) is 11.7 Å². The van der Waals surface area contributed by atoms with Gasteiger partial charge in [0.05, 0.1) is 19.6 Å². The molecule has 0 amide bonds. The lowest BCUT2D eigenvalue weighted by molar-refractivity contribution is -0.142. The third kappa shape index (κ3) is 4.05. The minimum absolute atomic E-state index is 0.0237. The Morgan fingerprint density at radius 3 is 2.25 bits per heavy atom. The Hall–Kier alpha value is -1.96. The van der Waals surface area contributed by atoms with E-state index in [4.69, 9.17) is 14.7 Å². The summed E-state index contributed by atoms with van der Waals surface area (Å²) < 4.78 is 4.69. The van der Waals surface area contributed by atoms with Gasteiger partial charge in [0.15, 0.2) is 5.82 Å². The van der Waals surface area contributed by atoms with Crippen LogP contribution in [0.3, 0.4) is 0 Å². The van der Waals surface area contributed by atoms with Gasteiger partial charge in [-0.3, -0.25) is 14.5 Å². The first-order valence-corrected chi connectivity index (χ1v) is 4.42. The minimum atomic E-state index is -1.11. The molecule has 0 bridgehead atoms. The average Bonchev–Trinajstić information content (AvgIpc) is 2.48. The maximum Gasteiger partial charge on any atom is 0.317 e. The molecule has 0 aliphatic heterocycles. The summed E-state index contributed by atoms with van der Waals surface area (Å²) in [5, 5.41) is 20.7. The summed E-state index contributed by atoms with van der Waals surface area (Å²) in [6.07, 6.45) is 0. The number of aliphatic carboxylic acids is 2. The molecule has 1 rings (SSSR count). The number of nitrogens with zero attached hydrogens (tertiary/aromatic N) is 3. The van der Waals surface area contributed by atoms with Gasteiger partial charge in [0, 0.05) is 6.92 Å². The summed E-state index contributed by atoms with van der Waals surface area (Å²) in [5.74, 6) is -1.61. The van der Waals surface area contributed by atoms with Crippen molar-refractivity contribution in [1.29, 1.82) is 0 Å². The van der Waals surface area contributed by atoms with Crippen molar-refractivity contribution in [2.75, 3.05) is 13.1 Å². The van der Waals surface area contributed by atoms with Gasteiger partial charge in [-0.15, -0.1) is 0 Å². The molecular formula is C8H11N3O5. The number of aryl methyl sites for hydroxylation is 1. The van der Waals surface area contributed by atoms with E-state index in [2.05, 4.69) is 10.1 Å². The Bertz CT molecular complexity index is 373. The predicted octanol–water partition coefficient (Wildman–Crippen LogP) is -0.651. The van der Waals surface area contributed by atoms with Crippen LogP contribution in [0.2, 0.25) is 0 Å². The molecule has 16 heavy (non-hydrogen) atoms. The topological polar surface area (TPSA) is 117 Å². The number of carbonyl (C=O) groups is 2. The van der Waals surface area contributed by atoms with E-state index in [0.717, 1.165) is 0 Å².